The summed E-state index contributed by atoms with van der Waals surface area (Å²) in [6, 6.07) is -0.423. The summed E-state index contributed by atoms with van der Waals surface area (Å²) >= 11 is 1.47. The first kappa shape index (κ1) is 11.7. The molecule has 0 bridgehead atoms. The molecule has 0 aliphatic carbocycles. The van der Waals surface area contributed by atoms with E-state index in [-0.39, 0.29) is 12.0 Å². The van der Waals surface area contributed by atoms with Gasteiger partial charge in [0.1, 0.15) is 29.8 Å². The molecule has 0 amide bonds. The number of aliphatic imine (C=N–C) groups is 1. The van der Waals surface area contributed by atoms with Gasteiger partial charge < -0.3 is 25.0 Å². The largest absolute Gasteiger partial charge is 0.394 e. The Morgan fingerprint density at radius 1 is 1.35 bits per heavy atom. The van der Waals surface area contributed by atoms with E-state index in [1.165, 1.54) is 18.2 Å². The van der Waals surface area contributed by atoms with Gasteiger partial charge in [-0.2, -0.15) is 0 Å². The highest BCUT2D eigenvalue weighted by Gasteiger charge is 2.48. The highest BCUT2D eigenvalue weighted by atomic mass is 32.2. The van der Waals surface area contributed by atoms with Gasteiger partial charge in [0.15, 0.2) is 5.17 Å². The fraction of sp³-hybridized carbons (Fsp3) is 0.900. The minimum Gasteiger partial charge on any atom is -0.394 e. The van der Waals surface area contributed by atoms with Gasteiger partial charge >= 0.3 is 0 Å². The van der Waals surface area contributed by atoms with Crippen molar-refractivity contribution < 1.29 is 20.1 Å². The average Bonchev–Trinajstić information content (AvgIpc) is 2.64. The van der Waals surface area contributed by atoms with Gasteiger partial charge in [0.2, 0.25) is 0 Å². The zero-order chi connectivity index (χ0) is 12.0. The molecular weight excluding hydrogens is 244 g/mol. The molecule has 0 aromatic carbocycles. The molecule has 3 N–H and O–H groups in total. The molecular formula is C10H16N2O4S. The first-order valence-electron chi connectivity index (χ1n) is 5.82. The van der Waals surface area contributed by atoms with E-state index in [4.69, 9.17) is 9.84 Å². The highest BCUT2D eigenvalue weighted by molar-refractivity contribution is 8.14. The van der Waals surface area contributed by atoms with Crippen LogP contribution in [0.5, 0.6) is 0 Å². The first-order chi connectivity index (χ1) is 8.20. The van der Waals surface area contributed by atoms with Crippen LogP contribution in [0.4, 0.5) is 0 Å². The molecule has 17 heavy (non-hydrogen) atoms. The molecule has 0 aromatic heterocycles. The van der Waals surface area contributed by atoms with E-state index in [9.17, 15) is 10.2 Å². The van der Waals surface area contributed by atoms with Crippen LogP contribution in [-0.2, 0) is 4.74 Å². The molecule has 2 fully saturated rings. The minimum atomic E-state index is -1.07. The lowest BCUT2D eigenvalue weighted by Gasteiger charge is -2.37. The molecule has 6 nitrogen and oxygen atoms in total. The number of thioether (sulfide) groups is 1. The summed E-state index contributed by atoms with van der Waals surface area (Å²) in [6.45, 7) is 1.70. The van der Waals surface area contributed by atoms with Gasteiger partial charge in [-0.15, -0.1) is 0 Å². The third kappa shape index (κ3) is 1.86. The zero-order valence-electron chi connectivity index (χ0n) is 9.27. The van der Waals surface area contributed by atoms with Crippen LogP contribution in [0.25, 0.3) is 0 Å². The van der Waals surface area contributed by atoms with Crippen LogP contribution in [0.3, 0.4) is 0 Å². The zero-order valence-corrected chi connectivity index (χ0v) is 10.1. The van der Waals surface area contributed by atoms with Crippen molar-refractivity contribution >= 4 is 16.9 Å². The Bertz CT molecular complexity index is 336. The summed E-state index contributed by atoms with van der Waals surface area (Å²) in [5, 5.41) is 29.7. The van der Waals surface area contributed by atoms with Gasteiger partial charge in [-0.1, -0.05) is 11.8 Å². The van der Waals surface area contributed by atoms with Gasteiger partial charge in [0.05, 0.1) is 6.61 Å². The van der Waals surface area contributed by atoms with E-state index in [0.29, 0.717) is 0 Å². The Morgan fingerprint density at radius 3 is 2.71 bits per heavy atom. The van der Waals surface area contributed by atoms with E-state index in [2.05, 4.69) is 9.89 Å². The molecule has 0 unspecified atom stereocenters. The number of aliphatic hydroxyl groups excluding tert-OH is 3. The van der Waals surface area contributed by atoms with Crippen molar-refractivity contribution in [1.82, 2.24) is 4.90 Å². The Morgan fingerprint density at radius 2 is 2.12 bits per heavy atom. The normalized spacial score (nSPS) is 45.2. The molecule has 5 atom stereocenters. The van der Waals surface area contributed by atoms with Crippen molar-refractivity contribution in [3.63, 3.8) is 0 Å². The topological polar surface area (TPSA) is 85.5 Å². The smallest absolute Gasteiger partial charge is 0.162 e. The van der Waals surface area contributed by atoms with Crippen molar-refractivity contribution in [2.75, 3.05) is 19.7 Å². The van der Waals surface area contributed by atoms with Gasteiger partial charge in [-0.3, -0.25) is 4.99 Å². The predicted molar refractivity (Wildman–Crippen MR) is 62.8 cm³/mol. The molecule has 96 valence electrons. The third-order valence-electron chi connectivity index (χ3n) is 3.46. The second-order valence-electron chi connectivity index (χ2n) is 4.57. The molecule has 3 heterocycles. The predicted octanol–water partition coefficient (Wildman–Crippen LogP) is -1.40. The van der Waals surface area contributed by atoms with E-state index < -0.39 is 24.4 Å². The number of ether oxygens (including phenoxy) is 1. The number of aliphatic hydroxyl groups is 3. The van der Waals surface area contributed by atoms with E-state index in [0.717, 1.165) is 18.3 Å². The number of rotatable bonds is 1. The number of hydrogen-bond acceptors (Lipinski definition) is 7. The highest BCUT2D eigenvalue weighted by Crippen LogP contribution is 2.38. The first-order valence-corrected chi connectivity index (χ1v) is 6.70. The summed E-state index contributed by atoms with van der Waals surface area (Å²) < 4.78 is 5.55. The van der Waals surface area contributed by atoms with E-state index in [1.54, 1.807) is 0 Å². The van der Waals surface area contributed by atoms with Crippen LogP contribution < -0.4 is 0 Å². The van der Waals surface area contributed by atoms with Gasteiger partial charge in [0, 0.05) is 13.1 Å². The number of likely N-dealkylation sites (tertiary alicyclic amines) is 1. The summed E-state index contributed by atoms with van der Waals surface area (Å²) in [7, 11) is 0. The van der Waals surface area contributed by atoms with Gasteiger partial charge in [0.25, 0.3) is 0 Å². The second kappa shape index (κ2) is 4.40. The van der Waals surface area contributed by atoms with Crippen LogP contribution in [0.15, 0.2) is 4.99 Å². The lowest BCUT2D eigenvalue weighted by Crippen LogP contribution is -2.55. The summed E-state index contributed by atoms with van der Waals surface area (Å²) in [6.07, 6.45) is -1.58. The molecule has 7 heteroatoms. The molecule has 2 saturated heterocycles. The average molecular weight is 260 g/mol. The Balaban J connectivity index is 1.74. The summed E-state index contributed by atoms with van der Waals surface area (Å²) in [5.41, 5.74) is -0.291. The number of nitrogens with zero attached hydrogens (tertiary/aromatic N) is 2. The number of hydrogen-bond donors (Lipinski definition) is 3. The molecule has 3 rings (SSSR count). The molecule has 0 saturated carbocycles. The molecule has 3 aliphatic rings. The standard InChI is InChI=1S/C10H16N2O4S/c13-4-5-7(14)8(15)6-9(16-5)17-10(11-6)12-2-1-3-12/h5-9,13-15H,1-4H2/t5-,6-,7+,8+,9-/m1/s1. The van der Waals surface area contributed by atoms with Crippen LogP contribution in [-0.4, -0.2) is 74.9 Å². The van der Waals surface area contributed by atoms with Crippen molar-refractivity contribution in [2.45, 2.75) is 36.2 Å². The summed E-state index contributed by atoms with van der Waals surface area (Å²) in [5.74, 6) is 0. The Kier molecular flexibility index (Phi) is 3.04. The Labute approximate surface area is 103 Å². The fourth-order valence-corrected chi connectivity index (χ4v) is 3.51. The minimum absolute atomic E-state index is 0.291. The SMILES string of the molecule is OC[C@H]1O[C@@H]2SC(N3CCC3)=N[C@@H]2[C@H](O)[C@H]1O. The van der Waals surface area contributed by atoms with Crippen molar-refractivity contribution in [3.05, 3.63) is 0 Å². The van der Waals surface area contributed by atoms with Gasteiger partial charge in [-0.25, -0.2) is 0 Å². The number of fused-ring (bicyclic) bond motifs is 1. The Hall–Kier alpha value is -0.340. The molecule has 0 radical (unpaired) electrons. The maximum absolute atomic E-state index is 9.96. The fourth-order valence-electron chi connectivity index (χ4n) is 2.23. The quantitative estimate of drug-likeness (QED) is 0.538. The maximum Gasteiger partial charge on any atom is 0.162 e. The number of amidine groups is 1. The van der Waals surface area contributed by atoms with Crippen molar-refractivity contribution in [3.8, 4) is 0 Å². The van der Waals surface area contributed by atoms with Gasteiger partial charge in [-0.05, 0) is 6.42 Å². The molecule has 0 spiro atoms. The van der Waals surface area contributed by atoms with Crippen LogP contribution >= 0.6 is 11.8 Å². The monoisotopic (exact) mass is 260 g/mol. The van der Waals surface area contributed by atoms with Crippen LogP contribution in [0.2, 0.25) is 0 Å². The van der Waals surface area contributed by atoms with Crippen LogP contribution in [0, 0.1) is 0 Å². The van der Waals surface area contributed by atoms with E-state index >= 15 is 0 Å². The molecule has 3 aliphatic heterocycles. The summed E-state index contributed by atoms with van der Waals surface area (Å²) in [4.78, 5) is 6.56. The maximum atomic E-state index is 9.96. The van der Waals surface area contributed by atoms with E-state index in [1.807, 2.05) is 0 Å². The van der Waals surface area contributed by atoms with Crippen molar-refractivity contribution in [2.24, 2.45) is 4.99 Å². The van der Waals surface area contributed by atoms with Crippen LogP contribution in [0.1, 0.15) is 6.42 Å². The molecule has 0 aromatic rings. The second-order valence-corrected chi connectivity index (χ2v) is 5.63. The third-order valence-corrected chi connectivity index (χ3v) is 4.65. The lowest BCUT2D eigenvalue weighted by atomic mass is 9.99. The van der Waals surface area contributed by atoms with Crippen molar-refractivity contribution in [1.29, 1.82) is 0 Å². The lowest BCUT2D eigenvalue weighted by molar-refractivity contribution is -0.164.